The van der Waals surface area contributed by atoms with Gasteiger partial charge in [0.2, 0.25) is 11.7 Å². The predicted octanol–water partition coefficient (Wildman–Crippen LogP) is 4.70. The second-order valence-corrected chi connectivity index (χ2v) is 8.24. The zero-order chi connectivity index (χ0) is 21.0. The van der Waals surface area contributed by atoms with Crippen molar-refractivity contribution < 1.29 is 19.1 Å². The van der Waals surface area contributed by atoms with Crippen molar-refractivity contribution >= 4 is 44.3 Å². The van der Waals surface area contributed by atoms with Crippen LogP contribution in [0.2, 0.25) is 0 Å². The highest BCUT2D eigenvalue weighted by molar-refractivity contribution is 9.10. The molecule has 0 saturated carbocycles. The minimum absolute atomic E-state index is 0.0271. The lowest BCUT2D eigenvalue weighted by molar-refractivity contribution is -0.141. The van der Waals surface area contributed by atoms with Crippen molar-refractivity contribution in [2.75, 3.05) is 18.6 Å². The van der Waals surface area contributed by atoms with E-state index in [2.05, 4.69) is 15.9 Å². The summed E-state index contributed by atoms with van der Waals surface area (Å²) < 4.78 is 12.1. The number of esters is 1. The van der Waals surface area contributed by atoms with E-state index in [4.69, 9.17) is 9.47 Å². The van der Waals surface area contributed by atoms with Gasteiger partial charge in [-0.1, -0.05) is 46.3 Å². The number of fused-ring (bicyclic) bond motifs is 6. The Morgan fingerprint density at radius 1 is 1.17 bits per heavy atom. The Bertz CT molecular complexity index is 1270. The monoisotopic (exact) mass is 463 g/mol. The number of amides is 1. The van der Waals surface area contributed by atoms with Gasteiger partial charge in [0.25, 0.3) is 0 Å². The number of hydrogen-bond acceptors (Lipinski definition) is 4. The molecule has 0 N–H and O–H groups in total. The molecule has 0 aliphatic carbocycles. The molecule has 2 aliphatic rings. The Morgan fingerprint density at radius 2 is 1.97 bits per heavy atom. The van der Waals surface area contributed by atoms with Crippen LogP contribution in [0.5, 0.6) is 5.75 Å². The van der Waals surface area contributed by atoms with E-state index in [1.807, 2.05) is 54.6 Å². The number of rotatable bonds is 2. The first-order chi connectivity index (χ1) is 14.5. The summed E-state index contributed by atoms with van der Waals surface area (Å²) in [5, 5.41) is 1.87. The molecule has 0 radical (unpaired) electrons. The minimum atomic E-state index is -1.17. The topological polar surface area (TPSA) is 55.8 Å². The van der Waals surface area contributed by atoms with Gasteiger partial charge in [0.15, 0.2) is 0 Å². The maximum Gasteiger partial charge on any atom is 0.373 e. The summed E-state index contributed by atoms with van der Waals surface area (Å²) in [5.74, 6) is -0.211. The number of nitrogens with zero attached hydrogens (tertiary/aromatic N) is 1. The quantitative estimate of drug-likeness (QED) is 0.516. The highest BCUT2D eigenvalue weighted by atomic mass is 79.9. The van der Waals surface area contributed by atoms with Gasteiger partial charge in [-0.15, -0.1) is 0 Å². The van der Waals surface area contributed by atoms with Gasteiger partial charge in [-0.25, -0.2) is 4.79 Å². The van der Waals surface area contributed by atoms with Crippen LogP contribution in [-0.2, 0) is 19.7 Å². The Balaban J connectivity index is 1.89. The largest absolute Gasteiger partial charge is 0.460 e. The van der Waals surface area contributed by atoms with Gasteiger partial charge in [0.05, 0.1) is 6.61 Å². The number of benzene rings is 3. The van der Waals surface area contributed by atoms with Gasteiger partial charge in [0, 0.05) is 22.8 Å². The lowest BCUT2D eigenvalue weighted by atomic mass is 9.71. The summed E-state index contributed by atoms with van der Waals surface area (Å²) in [6.45, 7) is 1.95. The molecule has 3 aromatic rings. The lowest BCUT2D eigenvalue weighted by Gasteiger charge is -2.33. The molecule has 1 spiro atoms. The molecule has 1 atom stereocenters. The summed E-state index contributed by atoms with van der Waals surface area (Å²) in [6, 6.07) is 17.3. The Kier molecular flexibility index (Phi) is 4.22. The van der Waals surface area contributed by atoms with E-state index in [1.54, 1.807) is 24.9 Å². The van der Waals surface area contributed by atoms with Crippen LogP contribution in [0.3, 0.4) is 0 Å². The molecule has 0 bridgehead atoms. The van der Waals surface area contributed by atoms with Gasteiger partial charge in [0.1, 0.15) is 11.2 Å². The zero-order valence-electron chi connectivity index (χ0n) is 16.4. The van der Waals surface area contributed by atoms with Gasteiger partial charge in [-0.2, -0.15) is 0 Å². The van der Waals surface area contributed by atoms with E-state index in [9.17, 15) is 9.59 Å². The number of carbonyl (C=O) groups is 2. The minimum Gasteiger partial charge on any atom is -0.460 e. The van der Waals surface area contributed by atoms with Crippen LogP contribution in [0.15, 0.2) is 70.9 Å². The maximum atomic E-state index is 13.8. The van der Waals surface area contributed by atoms with Crippen molar-refractivity contribution in [2.24, 2.45) is 0 Å². The van der Waals surface area contributed by atoms with E-state index < -0.39 is 11.4 Å². The van der Waals surface area contributed by atoms with Crippen molar-refractivity contribution in [3.63, 3.8) is 0 Å². The Morgan fingerprint density at radius 3 is 2.77 bits per heavy atom. The van der Waals surface area contributed by atoms with Crippen LogP contribution < -0.4 is 9.64 Å². The molecule has 1 amide bonds. The van der Waals surface area contributed by atoms with Crippen LogP contribution in [0.25, 0.3) is 10.8 Å². The third-order valence-corrected chi connectivity index (χ3v) is 6.21. The van der Waals surface area contributed by atoms with E-state index in [0.717, 1.165) is 32.1 Å². The van der Waals surface area contributed by atoms with Crippen molar-refractivity contribution in [2.45, 2.75) is 12.3 Å². The molecule has 2 heterocycles. The summed E-state index contributed by atoms with van der Waals surface area (Å²) in [7, 11) is 1.75. The molecule has 6 heteroatoms. The van der Waals surface area contributed by atoms with Gasteiger partial charge in [-0.3, -0.25) is 4.79 Å². The van der Waals surface area contributed by atoms with E-state index in [0.29, 0.717) is 5.75 Å². The van der Waals surface area contributed by atoms with E-state index in [1.165, 1.54) is 0 Å². The first-order valence-corrected chi connectivity index (χ1v) is 10.4. The van der Waals surface area contributed by atoms with Crippen molar-refractivity contribution in [1.29, 1.82) is 0 Å². The molecule has 0 saturated heterocycles. The standard InChI is InChI=1S/C24H18BrNO4/c1-3-29-22(27)20-13-24(17-6-4-5-7-18(17)26(2)23(24)28)21-16-10-9-15(25)12-14(16)8-11-19(21)30-20/h4-13H,3H2,1-2H3/t24-/m0/s1. The highest BCUT2D eigenvalue weighted by Gasteiger charge is 2.54. The average molecular weight is 464 g/mol. The van der Waals surface area contributed by atoms with Crippen LogP contribution in [0, 0.1) is 0 Å². The third kappa shape index (κ3) is 2.46. The van der Waals surface area contributed by atoms with Gasteiger partial charge >= 0.3 is 5.97 Å². The van der Waals surface area contributed by atoms with Gasteiger partial charge < -0.3 is 14.4 Å². The van der Waals surface area contributed by atoms with Crippen LogP contribution in [-0.4, -0.2) is 25.5 Å². The number of halogens is 1. The zero-order valence-corrected chi connectivity index (χ0v) is 18.0. The lowest BCUT2D eigenvalue weighted by Crippen LogP contribution is -2.41. The van der Waals surface area contributed by atoms with Crippen molar-refractivity contribution in [1.82, 2.24) is 0 Å². The SMILES string of the molecule is CCOC(=O)C1=C[C@@]2(C(=O)N(C)c3ccccc32)c2c(ccc3cc(Br)ccc23)O1. The first-order valence-electron chi connectivity index (χ1n) is 9.65. The molecule has 5 rings (SSSR count). The van der Waals surface area contributed by atoms with E-state index in [-0.39, 0.29) is 18.3 Å². The molecule has 2 aliphatic heterocycles. The van der Waals surface area contributed by atoms with Crippen molar-refractivity contribution in [3.05, 3.63) is 82.0 Å². The molecule has 0 unspecified atom stereocenters. The van der Waals surface area contributed by atoms with Crippen LogP contribution in [0.1, 0.15) is 18.1 Å². The van der Waals surface area contributed by atoms with Crippen LogP contribution >= 0.6 is 15.9 Å². The summed E-state index contributed by atoms with van der Waals surface area (Å²) >= 11 is 3.52. The second-order valence-electron chi connectivity index (χ2n) is 7.32. The number of carbonyl (C=O) groups excluding carboxylic acids is 2. The Hall–Kier alpha value is -3.12. The number of para-hydroxylation sites is 1. The molecular formula is C24H18BrNO4. The number of likely N-dealkylation sites (N-methyl/N-ethyl adjacent to an activating group) is 1. The highest BCUT2D eigenvalue weighted by Crippen LogP contribution is 2.54. The fourth-order valence-electron chi connectivity index (χ4n) is 4.46. The van der Waals surface area contributed by atoms with Crippen LogP contribution in [0.4, 0.5) is 5.69 Å². The summed E-state index contributed by atoms with van der Waals surface area (Å²) in [6.07, 6.45) is 1.62. The normalized spacial score (nSPS) is 19.4. The predicted molar refractivity (Wildman–Crippen MR) is 118 cm³/mol. The maximum absolute atomic E-state index is 13.8. The molecular weight excluding hydrogens is 446 g/mol. The smallest absolute Gasteiger partial charge is 0.373 e. The molecule has 30 heavy (non-hydrogen) atoms. The van der Waals surface area contributed by atoms with Crippen molar-refractivity contribution in [3.8, 4) is 5.75 Å². The molecule has 150 valence electrons. The molecule has 5 nitrogen and oxygen atoms in total. The Labute approximate surface area is 182 Å². The van der Waals surface area contributed by atoms with Gasteiger partial charge in [-0.05, 0) is 53.6 Å². The summed E-state index contributed by atoms with van der Waals surface area (Å²) in [4.78, 5) is 28.1. The third-order valence-electron chi connectivity index (χ3n) is 5.71. The number of anilines is 1. The molecule has 0 aromatic heterocycles. The number of hydrogen-bond donors (Lipinski definition) is 0. The average Bonchev–Trinajstić information content (AvgIpc) is 2.96. The second kappa shape index (κ2) is 6.71. The molecule has 3 aromatic carbocycles. The fourth-order valence-corrected chi connectivity index (χ4v) is 4.84. The van der Waals surface area contributed by atoms with E-state index >= 15 is 0 Å². The first kappa shape index (κ1) is 18.9. The summed E-state index contributed by atoms with van der Waals surface area (Å²) in [5.41, 5.74) is 1.19. The fraction of sp³-hybridized carbons (Fsp3) is 0.167. The number of ether oxygens (including phenoxy) is 2. The molecule has 0 fully saturated rings.